The van der Waals surface area contributed by atoms with Gasteiger partial charge in [-0.1, -0.05) is 6.92 Å². The van der Waals surface area contributed by atoms with Gasteiger partial charge in [-0.15, -0.1) is 0 Å². The fourth-order valence-corrected chi connectivity index (χ4v) is 1.39. The number of aromatic nitrogens is 2. The predicted molar refractivity (Wildman–Crippen MR) is 62.6 cm³/mol. The summed E-state index contributed by atoms with van der Waals surface area (Å²) in [5.74, 6) is 0.462. The van der Waals surface area contributed by atoms with Gasteiger partial charge in [0.25, 0.3) is 0 Å². The second kappa shape index (κ2) is 6.27. The molecule has 1 amide bonds. The van der Waals surface area contributed by atoms with Crippen molar-refractivity contribution in [2.24, 2.45) is 11.7 Å². The summed E-state index contributed by atoms with van der Waals surface area (Å²) in [5, 5.41) is 9.49. The molecule has 0 aliphatic heterocycles. The fourth-order valence-electron chi connectivity index (χ4n) is 1.39. The van der Waals surface area contributed by atoms with E-state index in [1.807, 2.05) is 13.8 Å². The van der Waals surface area contributed by atoms with Crippen LogP contribution in [-0.4, -0.2) is 22.6 Å². The zero-order chi connectivity index (χ0) is 12.0. The molecule has 2 unspecified atom stereocenters. The van der Waals surface area contributed by atoms with Gasteiger partial charge >= 0.3 is 0 Å². The molecule has 0 bridgehead atoms. The van der Waals surface area contributed by atoms with Crippen LogP contribution in [0.3, 0.4) is 0 Å². The maximum Gasteiger partial charge on any atom is 0.220 e. The third-order valence-corrected chi connectivity index (χ3v) is 2.66. The lowest BCUT2D eigenvalue weighted by molar-refractivity contribution is -0.122. The third kappa shape index (κ3) is 4.02. The van der Waals surface area contributed by atoms with Crippen molar-refractivity contribution in [1.29, 1.82) is 0 Å². The predicted octanol–water partition coefficient (Wildman–Crippen LogP) is 0.962. The number of carbonyl (C=O) groups excluding carboxylic acids is 1. The zero-order valence-electron chi connectivity index (χ0n) is 9.86. The van der Waals surface area contributed by atoms with E-state index in [0.29, 0.717) is 18.9 Å². The number of nitrogens with two attached hydrogens (primary N) is 1. The van der Waals surface area contributed by atoms with E-state index < -0.39 is 0 Å². The first-order chi connectivity index (χ1) is 7.63. The van der Waals surface area contributed by atoms with Crippen molar-refractivity contribution in [1.82, 2.24) is 15.5 Å². The molecule has 1 rings (SSSR count). The Morgan fingerprint density at radius 1 is 1.62 bits per heavy atom. The number of hydrogen-bond acceptors (Lipinski definition) is 3. The van der Waals surface area contributed by atoms with Crippen LogP contribution in [-0.2, 0) is 4.79 Å². The van der Waals surface area contributed by atoms with Gasteiger partial charge in [0.2, 0.25) is 5.91 Å². The molecule has 0 aromatic carbocycles. The molecule has 0 aliphatic rings. The summed E-state index contributed by atoms with van der Waals surface area (Å²) in [5.41, 5.74) is 6.48. The number of hydrogen-bond donors (Lipinski definition) is 3. The Kier molecular flexibility index (Phi) is 4.98. The van der Waals surface area contributed by atoms with Gasteiger partial charge in [0.15, 0.2) is 0 Å². The van der Waals surface area contributed by atoms with Crippen LogP contribution < -0.4 is 11.1 Å². The molecule has 0 spiro atoms. The normalized spacial score (nSPS) is 14.4. The van der Waals surface area contributed by atoms with Crippen LogP contribution in [0.15, 0.2) is 12.4 Å². The monoisotopic (exact) mass is 224 g/mol. The van der Waals surface area contributed by atoms with Crippen molar-refractivity contribution in [2.75, 3.05) is 6.54 Å². The Balaban J connectivity index is 2.29. The maximum absolute atomic E-state index is 11.6. The highest BCUT2D eigenvalue weighted by Crippen LogP contribution is 2.10. The number of nitrogens with one attached hydrogen (secondary N) is 2. The molecule has 0 saturated heterocycles. The number of nitrogens with zero attached hydrogens (tertiary/aromatic N) is 1. The average molecular weight is 224 g/mol. The standard InChI is InChI=1S/C11H20N4O/c1-8(5-12)3-4-11(16)15-9(2)10-6-13-14-7-10/h6-9H,3-5,12H2,1-2H3,(H,13,14)(H,15,16). The third-order valence-electron chi connectivity index (χ3n) is 2.66. The van der Waals surface area contributed by atoms with Crippen LogP contribution in [0.25, 0.3) is 0 Å². The molecule has 4 N–H and O–H groups in total. The minimum Gasteiger partial charge on any atom is -0.349 e. The van der Waals surface area contributed by atoms with E-state index in [1.165, 1.54) is 0 Å². The van der Waals surface area contributed by atoms with E-state index in [-0.39, 0.29) is 11.9 Å². The van der Waals surface area contributed by atoms with E-state index in [4.69, 9.17) is 5.73 Å². The zero-order valence-corrected chi connectivity index (χ0v) is 9.86. The first-order valence-electron chi connectivity index (χ1n) is 5.61. The molecule has 0 fully saturated rings. The maximum atomic E-state index is 11.6. The molecular weight excluding hydrogens is 204 g/mol. The Hall–Kier alpha value is -1.36. The van der Waals surface area contributed by atoms with Crippen molar-refractivity contribution < 1.29 is 4.79 Å². The summed E-state index contributed by atoms with van der Waals surface area (Å²) in [6.45, 7) is 4.62. The summed E-state index contributed by atoms with van der Waals surface area (Å²) in [6, 6.07) is -0.000525. The summed E-state index contributed by atoms with van der Waals surface area (Å²) in [4.78, 5) is 11.6. The van der Waals surface area contributed by atoms with Gasteiger partial charge in [0, 0.05) is 18.2 Å². The Bertz CT molecular complexity index is 310. The van der Waals surface area contributed by atoms with Crippen molar-refractivity contribution in [3.05, 3.63) is 18.0 Å². The van der Waals surface area contributed by atoms with Crippen LogP contribution in [0.1, 0.15) is 38.3 Å². The van der Waals surface area contributed by atoms with E-state index in [2.05, 4.69) is 15.5 Å². The van der Waals surface area contributed by atoms with Crippen molar-refractivity contribution >= 4 is 5.91 Å². The van der Waals surface area contributed by atoms with Crippen LogP contribution in [0.5, 0.6) is 0 Å². The highest BCUT2D eigenvalue weighted by atomic mass is 16.1. The number of amides is 1. The molecule has 1 heterocycles. The minimum absolute atomic E-state index is 0.000525. The summed E-state index contributed by atoms with van der Waals surface area (Å²) in [6.07, 6.45) is 4.86. The van der Waals surface area contributed by atoms with Gasteiger partial charge in [-0.3, -0.25) is 9.89 Å². The van der Waals surface area contributed by atoms with E-state index in [0.717, 1.165) is 12.0 Å². The molecule has 0 radical (unpaired) electrons. The molecule has 16 heavy (non-hydrogen) atoms. The van der Waals surface area contributed by atoms with Crippen molar-refractivity contribution in [3.63, 3.8) is 0 Å². The van der Waals surface area contributed by atoms with Crippen molar-refractivity contribution in [3.8, 4) is 0 Å². The smallest absolute Gasteiger partial charge is 0.220 e. The minimum atomic E-state index is -0.000525. The summed E-state index contributed by atoms with van der Waals surface area (Å²) in [7, 11) is 0. The van der Waals surface area contributed by atoms with Crippen LogP contribution in [0, 0.1) is 5.92 Å². The highest BCUT2D eigenvalue weighted by Gasteiger charge is 2.11. The van der Waals surface area contributed by atoms with Gasteiger partial charge in [-0.2, -0.15) is 5.10 Å². The van der Waals surface area contributed by atoms with Crippen LogP contribution >= 0.6 is 0 Å². The van der Waals surface area contributed by atoms with E-state index in [1.54, 1.807) is 12.4 Å². The molecule has 90 valence electrons. The lowest BCUT2D eigenvalue weighted by Gasteiger charge is -2.13. The number of aromatic amines is 1. The molecule has 2 atom stereocenters. The number of carbonyl (C=O) groups is 1. The van der Waals surface area contributed by atoms with Crippen LogP contribution in [0.2, 0.25) is 0 Å². The number of H-pyrrole nitrogens is 1. The van der Waals surface area contributed by atoms with E-state index >= 15 is 0 Å². The average Bonchev–Trinajstić information content (AvgIpc) is 2.79. The van der Waals surface area contributed by atoms with E-state index in [9.17, 15) is 4.79 Å². The van der Waals surface area contributed by atoms with Crippen LogP contribution in [0.4, 0.5) is 0 Å². The molecule has 5 heteroatoms. The van der Waals surface area contributed by atoms with Gasteiger partial charge in [0.1, 0.15) is 0 Å². The highest BCUT2D eigenvalue weighted by molar-refractivity contribution is 5.76. The fraction of sp³-hybridized carbons (Fsp3) is 0.636. The second-order valence-electron chi connectivity index (χ2n) is 4.20. The largest absolute Gasteiger partial charge is 0.349 e. The molecule has 5 nitrogen and oxygen atoms in total. The molecule has 0 saturated carbocycles. The Morgan fingerprint density at radius 3 is 2.94 bits per heavy atom. The lowest BCUT2D eigenvalue weighted by Crippen LogP contribution is -2.27. The van der Waals surface area contributed by atoms with Gasteiger partial charge in [-0.25, -0.2) is 0 Å². The topological polar surface area (TPSA) is 83.8 Å². The number of rotatable bonds is 6. The first-order valence-corrected chi connectivity index (χ1v) is 5.61. The lowest BCUT2D eigenvalue weighted by atomic mass is 10.1. The molecule has 1 aromatic heterocycles. The van der Waals surface area contributed by atoms with Crippen molar-refractivity contribution in [2.45, 2.75) is 32.7 Å². The second-order valence-corrected chi connectivity index (χ2v) is 4.20. The quantitative estimate of drug-likeness (QED) is 0.673. The van der Waals surface area contributed by atoms with Gasteiger partial charge < -0.3 is 11.1 Å². The summed E-state index contributed by atoms with van der Waals surface area (Å²) < 4.78 is 0. The molecule has 0 aliphatic carbocycles. The van der Waals surface area contributed by atoms with Gasteiger partial charge in [-0.05, 0) is 25.8 Å². The summed E-state index contributed by atoms with van der Waals surface area (Å²) >= 11 is 0. The molecular formula is C11H20N4O. The SMILES string of the molecule is CC(CN)CCC(=O)NC(C)c1cn[nH]c1. The van der Waals surface area contributed by atoms with Gasteiger partial charge in [0.05, 0.1) is 12.2 Å². The Labute approximate surface area is 95.8 Å². The first kappa shape index (κ1) is 12.7. The molecule has 1 aromatic rings. The Morgan fingerprint density at radius 2 is 2.38 bits per heavy atom.